The minimum atomic E-state index is -0.506. The normalized spacial score (nSPS) is 10.1. The van der Waals surface area contributed by atoms with Gasteiger partial charge in [0.15, 0.2) is 6.61 Å². The van der Waals surface area contributed by atoms with Gasteiger partial charge in [-0.05, 0) is 71.8 Å². The molecule has 0 aromatic heterocycles. The van der Waals surface area contributed by atoms with Crippen LogP contribution in [0.3, 0.4) is 0 Å². The van der Waals surface area contributed by atoms with Crippen molar-refractivity contribution in [2.45, 2.75) is 13.8 Å². The summed E-state index contributed by atoms with van der Waals surface area (Å²) in [6, 6.07) is 12.7. The van der Waals surface area contributed by atoms with Gasteiger partial charge in [0.25, 0.3) is 5.91 Å². The van der Waals surface area contributed by atoms with Gasteiger partial charge >= 0.3 is 5.97 Å². The molecule has 0 aliphatic heterocycles. The molecule has 2 rings (SSSR count). The van der Waals surface area contributed by atoms with Crippen LogP contribution < -0.4 is 5.32 Å². The lowest BCUT2D eigenvalue weighted by atomic mass is 10.1. The molecule has 0 saturated heterocycles. The van der Waals surface area contributed by atoms with E-state index in [0.717, 1.165) is 20.4 Å². The number of esters is 1. The summed E-state index contributed by atoms with van der Waals surface area (Å²) in [5.74, 6) is -0.857. The van der Waals surface area contributed by atoms with Crippen LogP contribution in [0.15, 0.2) is 42.5 Å². The zero-order chi connectivity index (χ0) is 16.1. The van der Waals surface area contributed by atoms with E-state index in [1.807, 2.05) is 44.2 Å². The molecule has 0 radical (unpaired) electrons. The van der Waals surface area contributed by atoms with Crippen molar-refractivity contribution < 1.29 is 14.3 Å². The van der Waals surface area contributed by atoms with Crippen LogP contribution in [0.1, 0.15) is 21.5 Å². The van der Waals surface area contributed by atoms with Gasteiger partial charge in [-0.3, -0.25) is 4.79 Å². The molecule has 0 saturated carbocycles. The molecular formula is C17H16INO3. The molecule has 0 aliphatic rings. The van der Waals surface area contributed by atoms with Crippen LogP contribution in [0, 0.1) is 17.4 Å². The molecular weight excluding hydrogens is 393 g/mol. The fraction of sp³-hybridized carbons (Fsp3) is 0.176. The van der Waals surface area contributed by atoms with Gasteiger partial charge in [0.2, 0.25) is 0 Å². The molecule has 0 aliphatic carbocycles. The van der Waals surface area contributed by atoms with E-state index in [4.69, 9.17) is 4.74 Å². The van der Waals surface area contributed by atoms with Gasteiger partial charge in [0.05, 0.1) is 5.56 Å². The Morgan fingerprint density at radius 2 is 1.64 bits per heavy atom. The molecule has 5 heteroatoms. The Morgan fingerprint density at radius 1 is 1.05 bits per heavy atom. The van der Waals surface area contributed by atoms with Crippen LogP contribution in [0.2, 0.25) is 0 Å². The molecule has 2 aromatic rings. The Kier molecular flexibility index (Phi) is 5.54. The summed E-state index contributed by atoms with van der Waals surface area (Å²) in [4.78, 5) is 23.8. The Labute approximate surface area is 143 Å². The van der Waals surface area contributed by atoms with E-state index >= 15 is 0 Å². The third kappa shape index (κ3) is 4.30. The first-order valence-electron chi connectivity index (χ1n) is 6.76. The highest BCUT2D eigenvalue weighted by molar-refractivity contribution is 14.1. The van der Waals surface area contributed by atoms with Crippen LogP contribution in [0.25, 0.3) is 0 Å². The number of hydrogen-bond donors (Lipinski definition) is 1. The monoisotopic (exact) mass is 409 g/mol. The highest BCUT2D eigenvalue weighted by Crippen LogP contribution is 2.19. The van der Waals surface area contributed by atoms with Crippen molar-refractivity contribution in [3.8, 4) is 0 Å². The first-order chi connectivity index (χ1) is 10.5. The summed E-state index contributed by atoms with van der Waals surface area (Å²) in [6.07, 6.45) is 0. The number of amides is 1. The fourth-order valence-electron chi connectivity index (χ4n) is 1.99. The van der Waals surface area contributed by atoms with Gasteiger partial charge < -0.3 is 10.1 Å². The number of para-hydroxylation sites is 1. The maximum Gasteiger partial charge on any atom is 0.338 e. The van der Waals surface area contributed by atoms with Crippen molar-refractivity contribution >= 4 is 40.2 Å². The number of aryl methyl sites for hydroxylation is 2. The molecule has 4 nitrogen and oxygen atoms in total. The van der Waals surface area contributed by atoms with E-state index in [1.165, 1.54) is 0 Å². The number of anilines is 1. The lowest BCUT2D eigenvalue weighted by molar-refractivity contribution is -0.119. The second-order valence-corrected chi connectivity index (χ2v) is 6.14. The van der Waals surface area contributed by atoms with Crippen LogP contribution in [0.5, 0.6) is 0 Å². The molecule has 114 valence electrons. The van der Waals surface area contributed by atoms with Crippen LogP contribution in [-0.4, -0.2) is 18.5 Å². The predicted molar refractivity (Wildman–Crippen MR) is 94.0 cm³/mol. The minimum Gasteiger partial charge on any atom is -0.452 e. The Morgan fingerprint density at radius 3 is 2.23 bits per heavy atom. The molecule has 0 atom stereocenters. The standard InChI is InChI=1S/C17H16INO3/c1-11-4-3-5-12(2)16(11)19-15(20)10-22-17(21)13-6-8-14(18)9-7-13/h3-9H,10H2,1-2H3,(H,19,20). The van der Waals surface area contributed by atoms with E-state index in [2.05, 4.69) is 27.9 Å². The van der Waals surface area contributed by atoms with Gasteiger partial charge in [-0.25, -0.2) is 4.79 Å². The van der Waals surface area contributed by atoms with Crippen LogP contribution in [0.4, 0.5) is 5.69 Å². The molecule has 0 unspecified atom stereocenters. The summed E-state index contributed by atoms with van der Waals surface area (Å²) in [5.41, 5.74) is 3.13. The number of nitrogens with one attached hydrogen (secondary N) is 1. The fourth-order valence-corrected chi connectivity index (χ4v) is 2.35. The molecule has 22 heavy (non-hydrogen) atoms. The van der Waals surface area contributed by atoms with Crippen molar-refractivity contribution in [3.63, 3.8) is 0 Å². The van der Waals surface area contributed by atoms with Crippen molar-refractivity contribution in [2.24, 2.45) is 0 Å². The van der Waals surface area contributed by atoms with Crippen molar-refractivity contribution in [2.75, 3.05) is 11.9 Å². The van der Waals surface area contributed by atoms with Gasteiger partial charge in [0.1, 0.15) is 0 Å². The van der Waals surface area contributed by atoms with Crippen molar-refractivity contribution in [3.05, 3.63) is 62.7 Å². The second kappa shape index (κ2) is 7.40. The van der Waals surface area contributed by atoms with Gasteiger partial charge in [-0.1, -0.05) is 18.2 Å². The lowest BCUT2D eigenvalue weighted by Crippen LogP contribution is -2.21. The molecule has 1 N–H and O–H groups in total. The van der Waals surface area contributed by atoms with E-state index in [1.54, 1.807) is 12.1 Å². The van der Waals surface area contributed by atoms with Gasteiger partial charge in [-0.2, -0.15) is 0 Å². The number of benzene rings is 2. The Hall–Kier alpha value is -1.89. The van der Waals surface area contributed by atoms with Crippen molar-refractivity contribution in [1.29, 1.82) is 0 Å². The molecule has 0 fully saturated rings. The summed E-state index contributed by atoms with van der Waals surface area (Å²) in [7, 11) is 0. The lowest BCUT2D eigenvalue weighted by Gasteiger charge is -2.11. The molecule has 2 aromatic carbocycles. The topological polar surface area (TPSA) is 55.4 Å². The average Bonchev–Trinajstić information content (AvgIpc) is 2.49. The van der Waals surface area contributed by atoms with Crippen LogP contribution in [-0.2, 0) is 9.53 Å². The smallest absolute Gasteiger partial charge is 0.338 e. The number of ether oxygens (including phenoxy) is 1. The number of carbonyl (C=O) groups is 2. The SMILES string of the molecule is Cc1cccc(C)c1NC(=O)COC(=O)c1ccc(I)cc1. The third-order valence-electron chi connectivity index (χ3n) is 3.16. The van der Waals surface area contributed by atoms with E-state index in [-0.39, 0.29) is 12.5 Å². The molecule has 1 amide bonds. The second-order valence-electron chi connectivity index (χ2n) is 4.90. The van der Waals surface area contributed by atoms with E-state index < -0.39 is 5.97 Å². The number of carbonyl (C=O) groups excluding carboxylic acids is 2. The molecule has 0 bridgehead atoms. The zero-order valence-electron chi connectivity index (χ0n) is 12.4. The van der Waals surface area contributed by atoms with Gasteiger partial charge in [0, 0.05) is 9.26 Å². The van der Waals surface area contributed by atoms with Crippen LogP contribution >= 0.6 is 22.6 Å². The molecule has 0 spiro atoms. The maximum atomic E-state index is 11.9. The Balaban J connectivity index is 1.93. The summed E-state index contributed by atoms with van der Waals surface area (Å²) < 4.78 is 6.06. The summed E-state index contributed by atoms with van der Waals surface area (Å²) >= 11 is 2.15. The summed E-state index contributed by atoms with van der Waals surface area (Å²) in [5, 5.41) is 2.78. The molecule has 0 heterocycles. The quantitative estimate of drug-likeness (QED) is 0.619. The van der Waals surface area contributed by atoms with Gasteiger partial charge in [-0.15, -0.1) is 0 Å². The predicted octanol–water partition coefficient (Wildman–Crippen LogP) is 3.70. The van der Waals surface area contributed by atoms with Crippen molar-refractivity contribution in [1.82, 2.24) is 0 Å². The zero-order valence-corrected chi connectivity index (χ0v) is 14.5. The number of halogens is 1. The van der Waals surface area contributed by atoms with E-state index in [0.29, 0.717) is 5.56 Å². The first kappa shape index (κ1) is 16.5. The maximum absolute atomic E-state index is 11.9. The number of hydrogen-bond acceptors (Lipinski definition) is 3. The number of rotatable bonds is 4. The van der Waals surface area contributed by atoms with E-state index in [9.17, 15) is 9.59 Å². The third-order valence-corrected chi connectivity index (χ3v) is 3.88. The largest absolute Gasteiger partial charge is 0.452 e. The minimum absolute atomic E-state index is 0.307. The summed E-state index contributed by atoms with van der Waals surface area (Å²) in [6.45, 7) is 3.53. The highest BCUT2D eigenvalue weighted by atomic mass is 127. The highest BCUT2D eigenvalue weighted by Gasteiger charge is 2.11. The first-order valence-corrected chi connectivity index (χ1v) is 7.84. The average molecular weight is 409 g/mol. The Bertz CT molecular complexity index is 675.